The van der Waals surface area contributed by atoms with Gasteiger partial charge in [-0.3, -0.25) is 14.4 Å². The zero-order valence-electron chi connectivity index (χ0n) is 22.7. The van der Waals surface area contributed by atoms with Crippen molar-refractivity contribution < 1.29 is 27.5 Å². The number of carbonyl (C=O) groups excluding carboxylic acids is 3. The van der Waals surface area contributed by atoms with Gasteiger partial charge in [0.1, 0.15) is 16.7 Å². The Bertz CT molecular complexity index is 1320. The highest BCUT2D eigenvalue weighted by molar-refractivity contribution is 7.89. The second kappa shape index (κ2) is 14.1. The smallest absolute Gasteiger partial charge is 0.268 e. The van der Waals surface area contributed by atoms with Crippen molar-refractivity contribution in [2.24, 2.45) is 10.9 Å². The van der Waals surface area contributed by atoms with Gasteiger partial charge in [-0.2, -0.15) is 4.31 Å². The Hall–Kier alpha value is -2.96. The van der Waals surface area contributed by atoms with E-state index in [1.165, 1.54) is 30.0 Å². The highest BCUT2D eigenvalue weighted by Gasteiger charge is 2.32. The lowest BCUT2D eigenvalue weighted by molar-refractivity contribution is -0.120. The van der Waals surface area contributed by atoms with Crippen LogP contribution in [0.4, 0.5) is 0 Å². The number of ketones is 1. The van der Waals surface area contributed by atoms with Crippen molar-refractivity contribution in [1.82, 2.24) is 14.6 Å². The summed E-state index contributed by atoms with van der Waals surface area (Å²) in [6.07, 6.45) is 8.81. The highest BCUT2D eigenvalue weighted by Crippen LogP contribution is 2.29. The summed E-state index contributed by atoms with van der Waals surface area (Å²) < 4.78 is 32.7. The van der Waals surface area contributed by atoms with Crippen LogP contribution in [0.5, 0.6) is 5.75 Å². The van der Waals surface area contributed by atoms with Crippen LogP contribution in [-0.2, 0) is 19.6 Å². The Morgan fingerprint density at radius 3 is 2.73 bits per heavy atom. The van der Waals surface area contributed by atoms with Crippen LogP contribution in [-0.4, -0.2) is 66.8 Å². The standard InChI is InChI=1S/C28H36N4O6S2/c1-2-38-24-15-18-39-26(24)28(35)31-22(14-13-20-9-4-3-5-10-20)27(34)30-21-11-8-17-32(19-23(21)33)40(36,37)25-12-6-7-16-29-25/h6-7,12,15-16,18,20,22H,2-5,8-11,13-14,17,19H2,1H3,(H,31,35). The maximum Gasteiger partial charge on any atom is 0.268 e. The Labute approximate surface area is 239 Å². The average molecular weight is 589 g/mol. The Kier molecular flexibility index (Phi) is 10.6. The number of rotatable bonds is 10. The molecule has 4 rings (SSSR count). The normalized spacial score (nSPS) is 19.2. The Morgan fingerprint density at radius 2 is 2.00 bits per heavy atom. The minimum atomic E-state index is -3.96. The summed E-state index contributed by atoms with van der Waals surface area (Å²) in [5, 5.41) is 4.46. The predicted octanol–water partition coefficient (Wildman–Crippen LogP) is 4.02. The fourth-order valence-electron chi connectivity index (χ4n) is 5.15. The first-order valence-corrected chi connectivity index (χ1v) is 16.2. The van der Waals surface area contributed by atoms with E-state index in [2.05, 4.69) is 15.3 Å². The zero-order chi connectivity index (χ0) is 28.5. The van der Waals surface area contributed by atoms with Crippen molar-refractivity contribution in [2.45, 2.75) is 75.8 Å². The van der Waals surface area contributed by atoms with Gasteiger partial charge < -0.3 is 10.1 Å². The third-order valence-corrected chi connectivity index (χ3v) is 9.93. The molecule has 1 saturated carbocycles. The first-order valence-electron chi connectivity index (χ1n) is 13.9. The molecule has 0 bridgehead atoms. The molecule has 1 saturated heterocycles. The molecule has 0 radical (unpaired) electrons. The molecule has 0 aromatic carbocycles. The summed E-state index contributed by atoms with van der Waals surface area (Å²) in [4.78, 5) is 48.1. The fraction of sp³-hybridized carbons (Fsp3) is 0.536. The number of sulfonamides is 1. The lowest BCUT2D eigenvalue weighted by Crippen LogP contribution is -2.41. The number of nitrogens with zero attached hydrogens (tertiary/aromatic N) is 3. The van der Waals surface area contributed by atoms with Gasteiger partial charge in [0, 0.05) is 12.7 Å². The van der Waals surface area contributed by atoms with Crippen molar-refractivity contribution in [3.05, 3.63) is 40.7 Å². The molecule has 1 atom stereocenters. The molecule has 1 unspecified atom stereocenters. The van der Waals surface area contributed by atoms with Crippen LogP contribution in [0.3, 0.4) is 0 Å². The molecule has 1 N–H and O–H groups in total. The molecule has 1 aliphatic heterocycles. The number of nitrogens with one attached hydrogen (secondary N) is 1. The summed E-state index contributed by atoms with van der Waals surface area (Å²) in [6, 6.07) is 5.39. The molecule has 2 fully saturated rings. The molecule has 2 aliphatic rings. The molecule has 12 heteroatoms. The number of thiophene rings is 1. The molecule has 0 spiro atoms. The number of ether oxygens (including phenoxy) is 1. The van der Waals surface area contributed by atoms with Gasteiger partial charge in [-0.15, -0.1) is 11.3 Å². The molecule has 2 amide bonds. The molecule has 40 heavy (non-hydrogen) atoms. The summed E-state index contributed by atoms with van der Waals surface area (Å²) >= 11 is 1.23. The predicted molar refractivity (Wildman–Crippen MR) is 152 cm³/mol. The zero-order valence-corrected chi connectivity index (χ0v) is 24.3. The SMILES string of the molecule is CCOc1ccsc1C(=O)NC(CCC1CCCCC1)C(=O)N=C1CCCN(S(=O)(=O)c2ccccn2)CC1=O. The van der Waals surface area contributed by atoms with Crippen molar-refractivity contribution in [3.63, 3.8) is 0 Å². The number of hydrogen-bond acceptors (Lipinski definition) is 8. The lowest BCUT2D eigenvalue weighted by atomic mass is 9.85. The minimum absolute atomic E-state index is 0.0340. The Morgan fingerprint density at radius 1 is 1.20 bits per heavy atom. The van der Waals surface area contributed by atoms with Gasteiger partial charge in [-0.05, 0) is 62.1 Å². The van der Waals surface area contributed by atoms with Crippen LogP contribution in [0.25, 0.3) is 0 Å². The third kappa shape index (κ3) is 7.61. The quantitative estimate of drug-likeness (QED) is 0.443. The monoisotopic (exact) mass is 588 g/mol. The van der Waals surface area contributed by atoms with Crippen LogP contribution >= 0.6 is 11.3 Å². The molecular formula is C28H36N4O6S2. The van der Waals surface area contributed by atoms with Crippen molar-refractivity contribution in [2.75, 3.05) is 19.7 Å². The second-order valence-electron chi connectivity index (χ2n) is 10.1. The van der Waals surface area contributed by atoms with E-state index in [4.69, 9.17) is 4.74 Å². The topological polar surface area (TPSA) is 135 Å². The maximum atomic E-state index is 13.4. The van der Waals surface area contributed by atoms with Gasteiger partial charge in [0.15, 0.2) is 10.8 Å². The molecule has 10 nitrogen and oxygen atoms in total. The van der Waals surface area contributed by atoms with Crippen LogP contribution in [0.2, 0.25) is 0 Å². The van der Waals surface area contributed by atoms with Gasteiger partial charge >= 0.3 is 0 Å². The molecule has 3 heterocycles. The van der Waals surface area contributed by atoms with E-state index in [1.807, 2.05) is 6.92 Å². The number of hydrogen-bond donors (Lipinski definition) is 1. The van der Waals surface area contributed by atoms with E-state index >= 15 is 0 Å². The summed E-state index contributed by atoms with van der Waals surface area (Å²) in [6.45, 7) is 1.93. The molecule has 2 aromatic rings. The van der Waals surface area contributed by atoms with Gasteiger partial charge in [-0.1, -0.05) is 38.2 Å². The number of Topliss-reactive ketones (excluding diaryl/α,β-unsaturated/α-hetero) is 1. The van der Waals surface area contributed by atoms with Gasteiger partial charge in [0.2, 0.25) is 0 Å². The average Bonchev–Trinajstić information content (AvgIpc) is 3.35. The van der Waals surface area contributed by atoms with Crippen LogP contribution in [0, 0.1) is 5.92 Å². The van der Waals surface area contributed by atoms with Gasteiger partial charge in [-0.25, -0.2) is 18.4 Å². The van der Waals surface area contributed by atoms with E-state index in [0.29, 0.717) is 36.0 Å². The summed E-state index contributed by atoms with van der Waals surface area (Å²) in [5.74, 6) is -0.592. The first kappa shape index (κ1) is 30.0. The second-order valence-corrected chi connectivity index (χ2v) is 12.9. The van der Waals surface area contributed by atoms with E-state index in [-0.39, 0.29) is 23.7 Å². The number of amides is 2. The lowest BCUT2D eigenvalue weighted by Gasteiger charge is -2.23. The van der Waals surface area contributed by atoms with Gasteiger partial charge in [0.25, 0.3) is 21.8 Å². The fourth-order valence-corrected chi connectivity index (χ4v) is 7.25. The van der Waals surface area contributed by atoms with E-state index in [0.717, 1.165) is 36.4 Å². The minimum Gasteiger partial charge on any atom is -0.492 e. The van der Waals surface area contributed by atoms with E-state index in [1.54, 1.807) is 23.6 Å². The summed E-state index contributed by atoms with van der Waals surface area (Å²) in [5.41, 5.74) is 0.0340. The van der Waals surface area contributed by atoms with Crippen LogP contribution < -0.4 is 10.1 Å². The van der Waals surface area contributed by atoms with Crippen molar-refractivity contribution in [3.8, 4) is 5.75 Å². The molecule has 1 aliphatic carbocycles. The first-order chi connectivity index (χ1) is 19.3. The van der Waals surface area contributed by atoms with E-state index < -0.39 is 40.2 Å². The number of carbonyl (C=O) groups is 3. The maximum absolute atomic E-state index is 13.4. The number of pyridine rings is 1. The Balaban J connectivity index is 1.50. The number of aliphatic imine (C=N–C) groups is 1. The molecule has 216 valence electrons. The number of aromatic nitrogens is 1. The van der Waals surface area contributed by atoms with Crippen molar-refractivity contribution in [1.29, 1.82) is 0 Å². The highest BCUT2D eigenvalue weighted by atomic mass is 32.2. The van der Waals surface area contributed by atoms with Crippen LogP contribution in [0.1, 0.15) is 74.4 Å². The van der Waals surface area contributed by atoms with Gasteiger partial charge in [0.05, 0.1) is 18.9 Å². The van der Waals surface area contributed by atoms with Crippen molar-refractivity contribution >= 4 is 44.7 Å². The largest absolute Gasteiger partial charge is 0.492 e. The third-order valence-electron chi connectivity index (χ3n) is 7.28. The molecule has 2 aromatic heterocycles. The van der Waals surface area contributed by atoms with E-state index in [9.17, 15) is 22.8 Å². The summed E-state index contributed by atoms with van der Waals surface area (Å²) in [7, 11) is -3.96. The molecular weight excluding hydrogens is 552 g/mol. The van der Waals surface area contributed by atoms with Crippen LogP contribution in [0.15, 0.2) is 45.9 Å².